The van der Waals surface area contributed by atoms with Crippen molar-refractivity contribution in [1.29, 1.82) is 0 Å². The molecule has 2 aromatic carbocycles. The number of halogens is 2. The van der Waals surface area contributed by atoms with E-state index in [1.54, 1.807) is 12.1 Å². The highest BCUT2D eigenvalue weighted by Gasteiger charge is 2.51. The van der Waals surface area contributed by atoms with Crippen LogP contribution in [0.4, 0.5) is 10.5 Å². The third-order valence-electron chi connectivity index (χ3n) is 8.59. The fourth-order valence-corrected chi connectivity index (χ4v) is 6.38. The minimum Gasteiger partial charge on any atom is -0.480 e. The predicted octanol–water partition coefficient (Wildman–Crippen LogP) is 6.88. The molecule has 1 saturated heterocycles. The number of nitrogens with one attached hydrogen (secondary N) is 2. The predicted molar refractivity (Wildman–Crippen MR) is 193 cm³/mol. The van der Waals surface area contributed by atoms with E-state index in [0.717, 1.165) is 23.8 Å². The molecule has 274 valence electrons. The number of hydrogen-bond donors (Lipinski definition) is 3. The number of carbonyl (C=O) groups is 5. The second-order valence-corrected chi connectivity index (χ2v) is 13.8. The highest BCUT2D eigenvalue weighted by Crippen LogP contribution is 2.33. The number of urea groups is 1. The van der Waals surface area contributed by atoms with Crippen molar-refractivity contribution >= 4 is 69.6 Å². The van der Waals surface area contributed by atoms with Crippen LogP contribution >= 0.6 is 23.2 Å². The molecule has 1 aliphatic heterocycles. The molecule has 0 radical (unpaired) electrons. The van der Waals surface area contributed by atoms with E-state index in [1.165, 1.54) is 76.6 Å². The van der Waals surface area contributed by atoms with Gasteiger partial charge in [-0.25, -0.2) is 19.5 Å². The van der Waals surface area contributed by atoms with Gasteiger partial charge in [-0.05, 0) is 44.5 Å². The summed E-state index contributed by atoms with van der Waals surface area (Å²) in [5, 5.41) is 14.6. The zero-order valence-corrected chi connectivity index (χ0v) is 30.4. The van der Waals surface area contributed by atoms with Gasteiger partial charge in [0.1, 0.15) is 17.9 Å². The maximum atomic E-state index is 14.2. The van der Waals surface area contributed by atoms with Crippen LogP contribution in [0.1, 0.15) is 107 Å². The first kappa shape index (κ1) is 39.3. The van der Waals surface area contributed by atoms with E-state index in [-0.39, 0.29) is 38.8 Å². The van der Waals surface area contributed by atoms with E-state index in [9.17, 15) is 33.9 Å². The molecular weight excluding hydrogens is 701 g/mol. The van der Waals surface area contributed by atoms with Gasteiger partial charge in [-0.3, -0.25) is 23.7 Å². The van der Waals surface area contributed by atoms with Gasteiger partial charge in [0, 0.05) is 0 Å². The van der Waals surface area contributed by atoms with E-state index in [2.05, 4.69) is 22.5 Å². The second-order valence-electron chi connectivity index (χ2n) is 13.0. The van der Waals surface area contributed by atoms with Gasteiger partial charge in [0.15, 0.2) is 6.04 Å². The fourth-order valence-electron chi connectivity index (χ4n) is 5.88. The summed E-state index contributed by atoms with van der Waals surface area (Å²) in [6.07, 6.45) is 11.2. The van der Waals surface area contributed by atoms with Gasteiger partial charge in [-0.15, -0.1) is 0 Å². The first-order valence-corrected chi connectivity index (χ1v) is 17.9. The van der Waals surface area contributed by atoms with E-state index in [4.69, 9.17) is 27.9 Å². The molecule has 2 heterocycles. The number of para-hydroxylation sites is 1. The van der Waals surface area contributed by atoms with Crippen molar-refractivity contribution in [3.8, 4) is 0 Å². The van der Waals surface area contributed by atoms with Gasteiger partial charge >= 0.3 is 18.0 Å². The van der Waals surface area contributed by atoms with Crippen LogP contribution in [0, 0.1) is 0 Å². The quantitative estimate of drug-likeness (QED) is 0.0712. The number of carboxylic acid groups (broad SMARTS) is 1. The summed E-state index contributed by atoms with van der Waals surface area (Å²) >= 11 is 12.8. The molecule has 1 fully saturated rings. The maximum Gasteiger partial charge on any atom is 0.339 e. The van der Waals surface area contributed by atoms with Crippen molar-refractivity contribution in [1.82, 2.24) is 19.8 Å². The Morgan fingerprint density at radius 1 is 0.941 bits per heavy atom. The van der Waals surface area contributed by atoms with Crippen molar-refractivity contribution in [2.24, 2.45) is 0 Å². The summed E-state index contributed by atoms with van der Waals surface area (Å²) in [5.41, 5.74) is -2.38. The number of carbonyl (C=O) groups excluding carboxylic acids is 4. The molecule has 1 atom stereocenters. The minimum atomic E-state index is -1.95. The van der Waals surface area contributed by atoms with Gasteiger partial charge in [0.05, 0.1) is 38.8 Å². The number of ether oxygens (including phenoxy) is 1. The Morgan fingerprint density at radius 3 is 2.18 bits per heavy atom. The molecule has 0 aliphatic carbocycles. The summed E-state index contributed by atoms with van der Waals surface area (Å²) in [6.45, 7) is 4.27. The molecule has 4 amide bonds. The molecule has 51 heavy (non-hydrogen) atoms. The number of amides is 4. The minimum absolute atomic E-state index is 0.0371. The highest BCUT2D eigenvalue weighted by molar-refractivity contribution is 6.38. The fraction of sp³-hybridized carbons (Fsp3) is 0.472. The molecule has 1 unspecified atom stereocenters. The summed E-state index contributed by atoms with van der Waals surface area (Å²) < 4.78 is 6.17. The van der Waals surface area contributed by atoms with Crippen molar-refractivity contribution in [3.63, 3.8) is 0 Å². The lowest BCUT2D eigenvalue weighted by molar-refractivity contribution is -0.138. The number of nitrogens with zero attached hydrogens (tertiary/aromatic N) is 3. The van der Waals surface area contributed by atoms with E-state index >= 15 is 0 Å². The number of unbranched alkanes of at least 4 members (excludes halogenated alkanes) is 9. The first-order chi connectivity index (χ1) is 24.3. The molecular formula is C36H43Cl2N5O8. The normalized spacial score (nSPS) is 14.4. The van der Waals surface area contributed by atoms with E-state index in [1.807, 2.05) is 0 Å². The van der Waals surface area contributed by atoms with Crippen LogP contribution in [0.15, 0.2) is 41.2 Å². The molecule has 4 rings (SSSR count). The number of aliphatic carboxylic acids is 1. The van der Waals surface area contributed by atoms with E-state index < -0.39 is 59.3 Å². The molecule has 13 nitrogen and oxygen atoms in total. The van der Waals surface area contributed by atoms with Gasteiger partial charge in [-0.2, -0.15) is 0 Å². The summed E-state index contributed by atoms with van der Waals surface area (Å²) in [6, 6.07) is 5.55. The number of imide groups is 1. The van der Waals surface area contributed by atoms with Crippen LogP contribution < -0.4 is 16.2 Å². The smallest absolute Gasteiger partial charge is 0.339 e. The Kier molecular flexibility index (Phi) is 13.6. The first-order valence-electron chi connectivity index (χ1n) is 17.1. The lowest BCUT2D eigenvalue weighted by Crippen LogP contribution is -2.46. The van der Waals surface area contributed by atoms with E-state index in [0.29, 0.717) is 11.3 Å². The van der Waals surface area contributed by atoms with Crippen molar-refractivity contribution < 1.29 is 33.8 Å². The molecule has 3 N–H and O–H groups in total. The summed E-state index contributed by atoms with van der Waals surface area (Å²) in [5.74, 6) is -4.58. The highest BCUT2D eigenvalue weighted by atomic mass is 35.5. The molecule has 1 aliphatic rings. The largest absolute Gasteiger partial charge is 0.480 e. The molecule has 1 aromatic heterocycles. The SMILES string of the molecule is CCCCCCCCCCCCOC(=O)c1cc(NC(=O)C(c2nc3ccccc3c(=O)n2CC(=O)O)N2C(=O)NC(C)(C)C2=O)c(Cl)cc1Cl. The number of esters is 1. The third-order valence-corrected chi connectivity index (χ3v) is 9.22. The zero-order valence-electron chi connectivity index (χ0n) is 28.9. The van der Waals surface area contributed by atoms with Gasteiger partial charge in [0.2, 0.25) is 0 Å². The number of benzene rings is 2. The number of carboxylic acids is 1. The number of fused-ring (bicyclic) bond motifs is 1. The Bertz CT molecular complexity index is 1860. The lowest BCUT2D eigenvalue weighted by Gasteiger charge is -2.27. The topological polar surface area (TPSA) is 177 Å². The summed E-state index contributed by atoms with van der Waals surface area (Å²) in [4.78, 5) is 84.4. The third kappa shape index (κ3) is 9.65. The van der Waals surface area contributed by atoms with Gasteiger partial charge in [-0.1, -0.05) is 100 Å². The monoisotopic (exact) mass is 743 g/mol. The van der Waals surface area contributed by atoms with Crippen molar-refractivity contribution in [2.75, 3.05) is 11.9 Å². The number of rotatable bonds is 18. The Labute approximate surface area is 305 Å². The Hall–Kier alpha value is -4.49. The van der Waals surface area contributed by atoms with Crippen LogP contribution in [0.2, 0.25) is 10.0 Å². The average molecular weight is 745 g/mol. The van der Waals surface area contributed by atoms with Crippen LogP contribution in [0.25, 0.3) is 10.9 Å². The molecule has 0 spiro atoms. The Balaban J connectivity index is 1.58. The average Bonchev–Trinajstić information content (AvgIpc) is 3.27. The van der Waals surface area contributed by atoms with Gasteiger partial charge in [0.25, 0.3) is 17.4 Å². The van der Waals surface area contributed by atoms with Crippen LogP contribution in [-0.2, 0) is 25.7 Å². The number of aromatic nitrogens is 2. The number of anilines is 1. The van der Waals surface area contributed by atoms with Crippen LogP contribution in [0.3, 0.4) is 0 Å². The van der Waals surface area contributed by atoms with Crippen LogP contribution in [-0.4, -0.2) is 61.5 Å². The van der Waals surface area contributed by atoms with Crippen molar-refractivity contribution in [2.45, 2.75) is 103 Å². The lowest BCUT2D eigenvalue weighted by atomic mass is 10.1. The summed E-state index contributed by atoms with van der Waals surface area (Å²) in [7, 11) is 0. The second kappa shape index (κ2) is 17.6. The molecule has 0 bridgehead atoms. The van der Waals surface area contributed by atoms with Gasteiger partial charge < -0.3 is 20.5 Å². The van der Waals surface area contributed by atoms with Crippen molar-refractivity contribution in [3.05, 3.63) is 68.2 Å². The maximum absolute atomic E-state index is 14.2. The number of hydrogen-bond acceptors (Lipinski definition) is 8. The molecule has 15 heteroatoms. The molecule has 3 aromatic rings. The zero-order chi connectivity index (χ0) is 37.3. The van der Waals surface area contributed by atoms with Crippen LogP contribution in [0.5, 0.6) is 0 Å². The molecule has 0 saturated carbocycles. The Morgan fingerprint density at radius 2 is 1.57 bits per heavy atom. The standard InChI is InChI=1S/C36H43Cl2N5O8/c1-4-5-6-7-8-9-10-11-12-15-18-51-33(48)23-19-27(25(38)20-24(23)37)40-31(46)29(43-34(49)36(2,3)41-35(43)50)30-39-26-17-14-13-16-22(26)32(47)42(30)21-28(44)45/h13-14,16-17,19-20,29H,4-12,15,18,21H2,1-3H3,(H,40,46)(H,41,50)(H,44,45).